The van der Waals surface area contributed by atoms with E-state index in [0.29, 0.717) is 17.8 Å². The first-order valence-corrected chi connectivity index (χ1v) is 7.00. The summed E-state index contributed by atoms with van der Waals surface area (Å²) in [5.41, 5.74) is 2.34. The van der Waals surface area contributed by atoms with Crippen molar-refractivity contribution in [2.45, 2.75) is 39.8 Å². The molecule has 3 heteroatoms. The van der Waals surface area contributed by atoms with Crippen molar-refractivity contribution >= 4 is 23.2 Å². The van der Waals surface area contributed by atoms with Crippen LogP contribution in [0.4, 0.5) is 0 Å². The van der Waals surface area contributed by atoms with E-state index in [1.807, 2.05) is 13.0 Å². The molecule has 0 aromatic heterocycles. The second kappa shape index (κ2) is 7.25. The largest absolute Gasteiger partial charge is 0.310 e. The van der Waals surface area contributed by atoms with Gasteiger partial charge in [-0.2, -0.15) is 0 Å². The molecule has 1 nitrogen and oxygen atoms in total. The van der Waals surface area contributed by atoms with Crippen LogP contribution in [0.3, 0.4) is 0 Å². The van der Waals surface area contributed by atoms with E-state index in [-0.39, 0.29) is 0 Å². The zero-order valence-corrected chi connectivity index (χ0v) is 12.3. The fraction of sp³-hybridized carbons (Fsp3) is 0.571. The lowest BCUT2D eigenvalue weighted by Gasteiger charge is -2.22. The molecule has 1 rings (SSSR count). The van der Waals surface area contributed by atoms with E-state index in [0.717, 1.165) is 23.6 Å². The van der Waals surface area contributed by atoms with Gasteiger partial charge in [0.1, 0.15) is 0 Å². The molecule has 0 fully saturated rings. The van der Waals surface area contributed by atoms with E-state index in [4.69, 9.17) is 23.2 Å². The van der Waals surface area contributed by atoms with Gasteiger partial charge in [-0.3, -0.25) is 0 Å². The Kier molecular flexibility index (Phi) is 6.32. The van der Waals surface area contributed by atoms with Crippen molar-refractivity contribution in [1.29, 1.82) is 0 Å². The summed E-state index contributed by atoms with van der Waals surface area (Å²) in [5, 5.41) is 4.37. The summed E-state index contributed by atoms with van der Waals surface area (Å²) >= 11 is 12.0. The number of halogens is 2. The third-order valence-electron chi connectivity index (χ3n) is 2.99. The van der Waals surface area contributed by atoms with Crippen molar-refractivity contribution in [3.05, 3.63) is 34.3 Å². The van der Waals surface area contributed by atoms with Crippen LogP contribution in [0.5, 0.6) is 0 Å². The molecule has 1 unspecified atom stereocenters. The van der Waals surface area contributed by atoms with Crippen LogP contribution in [-0.2, 0) is 6.54 Å². The lowest BCUT2D eigenvalue weighted by atomic mass is 10.0. The third-order valence-corrected chi connectivity index (χ3v) is 3.56. The minimum absolute atomic E-state index is 0.449. The van der Waals surface area contributed by atoms with E-state index in [2.05, 4.69) is 31.3 Å². The third kappa shape index (κ3) is 4.87. The van der Waals surface area contributed by atoms with Crippen LogP contribution in [0.25, 0.3) is 0 Å². The summed E-state index contributed by atoms with van der Waals surface area (Å²) in [5.74, 6) is 1.27. The zero-order chi connectivity index (χ0) is 12.8. The minimum atomic E-state index is 0.449. The molecule has 0 saturated carbocycles. The van der Waals surface area contributed by atoms with Crippen molar-refractivity contribution in [3.8, 4) is 0 Å². The number of hydrogen-bond donors (Lipinski definition) is 1. The Balaban J connectivity index is 2.59. The van der Waals surface area contributed by atoms with Crippen molar-refractivity contribution in [1.82, 2.24) is 5.32 Å². The second-order valence-corrected chi connectivity index (χ2v) is 5.59. The molecule has 1 N–H and O–H groups in total. The van der Waals surface area contributed by atoms with Crippen LogP contribution < -0.4 is 5.32 Å². The van der Waals surface area contributed by atoms with Crippen LogP contribution in [0, 0.1) is 12.8 Å². The predicted octanol–water partition coefficient (Wildman–Crippen LogP) is 4.39. The Morgan fingerprint density at radius 3 is 2.53 bits per heavy atom. The van der Waals surface area contributed by atoms with Gasteiger partial charge >= 0.3 is 0 Å². The molecule has 1 aromatic rings. The van der Waals surface area contributed by atoms with E-state index in [1.54, 1.807) is 0 Å². The Morgan fingerprint density at radius 1 is 1.29 bits per heavy atom. The molecule has 0 aliphatic carbocycles. The molecule has 0 radical (unpaired) electrons. The molecular formula is C14H21Cl2N. The van der Waals surface area contributed by atoms with E-state index >= 15 is 0 Å². The lowest BCUT2D eigenvalue weighted by Crippen LogP contribution is -2.33. The van der Waals surface area contributed by atoms with Gasteiger partial charge in [0.15, 0.2) is 0 Å². The van der Waals surface area contributed by atoms with Crippen molar-refractivity contribution in [3.63, 3.8) is 0 Å². The SMILES string of the molecule is Cc1ccc(CNC(CCCl)C(C)C)c(Cl)c1. The number of nitrogens with one attached hydrogen (secondary N) is 1. The standard InChI is InChI=1S/C14H21Cl2N/c1-10(2)14(6-7-15)17-9-12-5-4-11(3)8-13(12)16/h4-5,8,10,14,17H,6-7,9H2,1-3H3. The average Bonchev–Trinajstić information content (AvgIpc) is 2.25. The Morgan fingerprint density at radius 2 is 2.00 bits per heavy atom. The van der Waals surface area contributed by atoms with Crippen molar-refractivity contribution < 1.29 is 0 Å². The highest BCUT2D eigenvalue weighted by Crippen LogP contribution is 2.18. The molecule has 0 amide bonds. The van der Waals surface area contributed by atoms with Crippen LogP contribution in [0.15, 0.2) is 18.2 Å². The van der Waals surface area contributed by atoms with Gasteiger partial charge < -0.3 is 5.32 Å². The van der Waals surface area contributed by atoms with Crippen LogP contribution >= 0.6 is 23.2 Å². The fourth-order valence-electron chi connectivity index (χ4n) is 1.83. The normalized spacial score (nSPS) is 13.1. The maximum absolute atomic E-state index is 6.20. The summed E-state index contributed by atoms with van der Waals surface area (Å²) in [6.45, 7) is 7.27. The van der Waals surface area contributed by atoms with Gasteiger partial charge in [-0.15, -0.1) is 11.6 Å². The van der Waals surface area contributed by atoms with Crippen molar-refractivity contribution in [2.24, 2.45) is 5.92 Å². The van der Waals surface area contributed by atoms with E-state index in [1.165, 1.54) is 5.56 Å². The van der Waals surface area contributed by atoms with E-state index < -0.39 is 0 Å². The second-order valence-electron chi connectivity index (χ2n) is 4.80. The van der Waals surface area contributed by atoms with Gasteiger partial charge in [0.2, 0.25) is 0 Å². The number of rotatable bonds is 6. The number of aryl methyl sites for hydroxylation is 1. The highest BCUT2D eigenvalue weighted by Gasteiger charge is 2.12. The summed E-state index contributed by atoms with van der Waals surface area (Å²) < 4.78 is 0. The smallest absolute Gasteiger partial charge is 0.0453 e. The first kappa shape index (κ1) is 14.8. The highest BCUT2D eigenvalue weighted by molar-refractivity contribution is 6.31. The molecule has 0 saturated heterocycles. The first-order chi connectivity index (χ1) is 8.04. The summed E-state index contributed by atoms with van der Waals surface area (Å²) in [6, 6.07) is 6.63. The van der Waals surface area contributed by atoms with Crippen LogP contribution in [0.2, 0.25) is 5.02 Å². The quantitative estimate of drug-likeness (QED) is 0.758. The molecule has 1 aromatic carbocycles. The number of benzene rings is 1. The molecule has 0 heterocycles. The Bertz CT molecular complexity index is 350. The molecule has 96 valence electrons. The maximum atomic E-state index is 6.20. The molecular weight excluding hydrogens is 253 g/mol. The zero-order valence-electron chi connectivity index (χ0n) is 10.8. The number of hydrogen-bond acceptors (Lipinski definition) is 1. The molecule has 17 heavy (non-hydrogen) atoms. The van der Waals surface area contributed by atoms with Gasteiger partial charge in [-0.05, 0) is 36.5 Å². The van der Waals surface area contributed by atoms with Gasteiger partial charge in [0.25, 0.3) is 0 Å². The molecule has 0 aliphatic rings. The highest BCUT2D eigenvalue weighted by atomic mass is 35.5. The molecule has 0 bridgehead atoms. The average molecular weight is 274 g/mol. The number of alkyl halides is 1. The van der Waals surface area contributed by atoms with Gasteiger partial charge in [0, 0.05) is 23.5 Å². The summed E-state index contributed by atoms with van der Waals surface area (Å²) in [6.07, 6.45) is 0.989. The van der Waals surface area contributed by atoms with Crippen molar-refractivity contribution in [2.75, 3.05) is 5.88 Å². The van der Waals surface area contributed by atoms with Crippen LogP contribution in [0.1, 0.15) is 31.4 Å². The predicted molar refractivity (Wildman–Crippen MR) is 77.0 cm³/mol. The van der Waals surface area contributed by atoms with Gasteiger partial charge in [-0.25, -0.2) is 0 Å². The Hall–Kier alpha value is -0.240. The van der Waals surface area contributed by atoms with Gasteiger partial charge in [0.05, 0.1) is 0 Å². The maximum Gasteiger partial charge on any atom is 0.0453 e. The summed E-state index contributed by atoms with van der Waals surface area (Å²) in [4.78, 5) is 0. The fourth-order valence-corrected chi connectivity index (χ4v) is 2.36. The molecule has 0 spiro atoms. The molecule has 0 aliphatic heterocycles. The summed E-state index contributed by atoms with van der Waals surface area (Å²) in [7, 11) is 0. The lowest BCUT2D eigenvalue weighted by molar-refractivity contribution is 0.389. The van der Waals surface area contributed by atoms with Gasteiger partial charge in [-0.1, -0.05) is 37.6 Å². The van der Waals surface area contributed by atoms with Crippen LogP contribution in [-0.4, -0.2) is 11.9 Å². The van der Waals surface area contributed by atoms with E-state index in [9.17, 15) is 0 Å². The first-order valence-electron chi connectivity index (χ1n) is 6.09. The topological polar surface area (TPSA) is 12.0 Å². The Labute approximate surface area is 115 Å². The monoisotopic (exact) mass is 273 g/mol. The molecule has 1 atom stereocenters. The minimum Gasteiger partial charge on any atom is -0.310 e.